The Morgan fingerprint density at radius 1 is 1.19 bits per heavy atom. The van der Waals surface area contributed by atoms with Gasteiger partial charge in [-0.25, -0.2) is 0 Å². The predicted octanol–water partition coefficient (Wildman–Crippen LogP) is 1.87. The Morgan fingerprint density at radius 2 is 1.85 bits per heavy atom. The van der Waals surface area contributed by atoms with E-state index in [1.165, 1.54) is 0 Å². The van der Waals surface area contributed by atoms with Crippen LogP contribution >= 0.6 is 24.0 Å². The molecule has 2 atom stereocenters. The van der Waals surface area contributed by atoms with Crippen molar-refractivity contribution in [3.8, 4) is 0 Å². The fourth-order valence-corrected chi connectivity index (χ4v) is 3.76. The van der Waals surface area contributed by atoms with E-state index < -0.39 is 6.04 Å². The van der Waals surface area contributed by atoms with Gasteiger partial charge in [0.15, 0.2) is 0 Å². The second kappa shape index (κ2) is 9.55. The van der Waals surface area contributed by atoms with Crippen LogP contribution in [0.4, 0.5) is 0 Å². The maximum atomic E-state index is 13.0. The van der Waals surface area contributed by atoms with Gasteiger partial charge in [0.05, 0.1) is 19.3 Å². The molecule has 0 bridgehead atoms. The fraction of sp³-hybridized carbons (Fsp3) is 0.556. The van der Waals surface area contributed by atoms with Crippen molar-refractivity contribution >= 4 is 35.8 Å². The molecule has 0 radical (unpaired) electrons. The van der Waals surface area contributed by atoms with E-state index in [0.29, 0.717) is 31.3 Å². The quantitative estimate of drug-likeness (QED) is 0.836. The number of carbonyl (C=O) groups excluding carboxylic acids is 2. The number of ether oxygens (including phenoxy) is 1. The lowest BCUT2D eigenvalue weighted by Crippen LogP contribution is -2.52. The van der Waals surface area contributed by atoms with Crippen molar-refractivity contribution in [1.29, 1.82) is 0 Å². The minimum Gasteiger partial charge on any atom is -0.378 e. The van der Waals surface area contributed by atoms with E-state index in [9.17, 15) is 9.59 Å². The summed E-state index contributed by atoms with van der Waals surface area (Å²) in [5.41, 5.74) is 0.852. The smallest absolute Gasteiger partial charge is 0.241 e. The van der Waals surface area contributed by atoms with Gasteiger partial charge in [-0.1, -0.05) is 23.7 Å². The van der Waals surface area contributed by atoms with E-state index >= 15 is 0 Å². The lowest BCUT2D eigenvalue weighted by molar-refractivity contribution is -0.142. The summed E-state index contributed by atoms with van der Waals surface area (Å²) in [6.07, 6.45) is 1.68. The highest BCUT2D eigenvalue weighted by atomic mass is 35.5. The Bertz CT molecular complexity index is 621. The number of halogens is 2. The summed E-state index contributed by atoms with van der Waals surface area (Å²) in [5.74, 6) is -0.00679. The first-order valence-electron chi connectivity index (χ1n) is 8.71. The molecular formula is C18H25Cl2N3O3. The molecule has 0 saturated carbocycles. The molecule has 8 heteroatoms. The molecule has 2 fully saturated rings. The van der Waals surface area contributed by atoms with Crippen LogP contribution in [0.5, 0.6) is 0 Å². The Morgan fingerprint density at radius 3 is 2.46 bits per heavy atom. The third-order valence-electron chi connectivity index (χ3n) is 4.91. The molecule has 2 saturated heterocycles. The Balaban J connectivity index is 0.00000243. The molecule has 2 heterocycles. The number of hydrogen-bond donors (Lipinski definition) is 1. The van der Waals surface area contributed by atoms with Gasteiger partial charge >= 0.3 is 0 Å². The second-order valence-corrected chi connectivity index (χ2v) is 6.84. The van der Waals surface area contributed by atoms with Gasteiger partial charge in [-0.15, -0.1) is 12.4 Å². The number of nitrogens with one attached hydrogen (secondary N) is 1. The number of carbonyl (C=O) groups is 2. The molecule has 3 rings (SSSR count). The molecule has 0 aliphatic carbocycles. The van der Waals surface area contributed by atoms with Crippen molar-refractivity contribution in [3.63, 3.8) is 0 Å². The maximum Gasteiger partial charge on any atom is 0.241 e. The van der Waals surface area contributed by atoms with E-state index in [4.69, 9.17) is 16.3 Å². The van der Waals surface area contributed by atoms with Crippen LogP contribution in [0.3, 0.4) is 0 Å². The number of amides is 2. The van der Waals surface area contributed by atoms with Gasteiger partial charge in [-0.05, 0) is 30.5 Å². The lowest BCUT2D eigenvalue weighted by atomic mass is 10.0. The minimum absolute atomic E-state index is 0. The highest BCUT2D eigenvalue weighted by molar-refractivity contribution is 6.30. The van der Waals surface area contributed by atoms with E-state index in [2.05, 4.69) is 5.32 Å². The topological polar surface area (TPSA) is 61.9 Å². The van der Waals surface area contributed by atoms with Gasteiger partial charge in [0.25, 0.3) is 0 Å². The average molecular weight is 402 g/mol. The van der Waals surface area contributed by atoms with Crippen LogP contribution in [0.25, 0.3) is 0 Å². The number of likely N-dealkylation sites (N-methyl/N-ethyl adjacent to an activating group) is 1. The number of morpholine rings is 1. The van der Waals surface area contributed by atoms with Crippen molar-refractivity contribution < 1.29 is 14.3 Å². The minimum atomic E-state index is -0.486. The van der Waals surface area contributed by atoms with Crippen LogP contribution in [0.15, 0.2) is 24.3 Å². The summed E-state index contributed by atoms with van der Waals surface area (Å²) in [5, 5.41) is 3.36. The van der Waals surface area contributed by atoms with Crippen molar-refractivity contribution in [2.75, 3.05) is 39.9 Å². The molecule has 2 aliphatic rings. The number of hydrogen-bond acceptors (Lipinski definition) is 4. The molecule has 1 aromatic carbocycles. The van der Waals surface area contributed by atoms with E-state index in [1.807, 2.05) is 21.9 Å². The summed E-state index contributed by atoms with van der Waals surface area (Å²) in [6, 6.07) is 6.52. The zero-order chi connectivity index (χ0) is 17.8. The van der Waals surface area contributed by atoms with Crippen LogP contribution in [0.2, 0.25) is 5.02 Å². The number of nitrogens with zero attached hydrogens (tertiary/aromatic N) is 2. The SMILES string of the molecule is CNC(=O)[C@@H](c1ccc(Cl)cc1)N1CCC[C@H]1C(=O)N1CCOCC1.Cl. The van der Waals surface area contributed by atoms with E-state index in [0.717, 1.165) is 24.9 Å². The van der Waals surface area contributed by atoms with Crippen LogP contribution < -0.4 is 5.32 Å². The summed E-state index contributed by atoms with van der Waals surface area (Å²) >= 11 is 5.98. The van der Waals surface area contributed by atoms with Crippen molar-refractivity contribution in [2.45, 2.75) is 24.9 Å². The zero-order valence-corrected chi connectivity index (χ0v) is 16.4. The molecule has 6 nitrogen and oxygen atoms in total. The van der Waals surface area contributed by atoms with Crippen LogP contribution in [0.1, 0.15) is 24.4 Å². The molecule has 144 valence electrons. The summed E-state index contributed by atoms with van der Waals surface area (Å²) in [4.78, 5) is 29.5. The van der Waals surface area contributed by atoms with Crippen LogP contribution in [0, 0.1) is 0 Å². The summed E-state index contributed by atoms with van der Waals surface area (Å²) in [7, 11) is 1.63. The number of benzene rings is 1. The lowest BCUT2D eigenvalue weighted by Gasteiger charge is -2.35. The second-order valence-electron chi connectivity index (χ2n) is 6.40. The highest BCUT2D eigenvalue weighted by Gasteiger charge is 2.40. The van der Waals surface area contributed by atoms with Crippen LogP contribution in [-0.4, -0.2) is 67.6 Å². The van der Waals surface area contributed by atoms with Gasteiger partial charge in [0, 0.05) is 31.7 Å². The first kappa shape index (κ1) is 21.0. The van der Waals surface area contributed by atoms with E-state index in [-0.39, 0.29) is 30.3 Å². The summed E-state index contributed by atoms with van der Waals surface area (Å²) in [6.45, 7) is 3.12. The third-order valence-corrected chi connectivity index (χ3v) is 5.17. The third kappa shape index (κ3) is 4.49. The molecular weight excluding hydrogens is 377 g/mol. The average Bonchev–Trinajstić information content (AvgIpc) is 3.12. The monoisotopic (exact) mass is 401 g/mol. The van der Waals surface area contributed by atoms with Gasteiger partial charge in [-0.3, -0.25) is 14.5 Å². The molecule has 2 aliphatic heterocycles. The fourth-order valence-electron chi connectivity index (χ4n) is 3.63. The first-order valence-corrected chi connectivity index (χ1v) is 9.09. The first-order chi connectivity index (χ1) is 12.1. The standard InChI is InChI=1S/C18H24ClN3O3.ClH/c1-20-17(23)16(13-4-6-14(19)7-5-13)22-8-2-3-15(22)18(24)21-9-11-25-12-10-21;/h4-7,15-16H,2-3,8-12H2,1H3,(H,20,23);1H/t15-,16+;/m0./s1. The molecule has 2 amide bonds. The van der Waals surface area contributed by atoms with Gasteiger partial charge < -0.3 is 15.0 Å². The van der Waals surface area contributed by atoms with Crippen molar-refractivity contribution in [2.24, 2.45) is 0 Å². The molecule has 0 unspecified atom stereocenters. The molecule has 0 spiro atoms. The van der Waals surface area contributed by atoms with Gasteiger partial charge in [-0.2, -0.15) is 0 Å². The van der Waals surface area contributed by atoms with E-state index in [1.54, 1.807) is 19.2 Å². The highest BCUT2D eigenvalue weighted by Crippen LogP contribution is 2.31. The Labute approximate surface area is 165 Å². The normalized spacial score (nSPS) is 21.8. The zero-order valence-electron chi connectivity index (χ0n) is 14.8. The number of likely N-dealkylation sites (tertiary alicyclic amines) is 1. The summed E-state index contributed by atoms with van der Waals surface area (Å²) < 4.78 is 5.34. The largest absolute Gasteiger partial charge is 0.378 e. The van der Waals surface area contributed by atoms with Crippen LogP contribution in [-0.2, 0) is 14.3 Å². The Hall–Kier alpha value is -1.34. The van der Waals surface area contributed by atoms with Crippen molar-refractivity contribution in [1.82, 2.24) is 15.1 Å². The predicted molar refractivity (Wildman–Crippen MR) is 103 cm³/mol. The van der Waals surface area contributed by atoms with Crippen molar-refractivity contribution in [3.05, 3.63) is 34.9 Å². The van der Waals surface area contributed by atoms with Gasteiger partial charge in [0.1, 0.15) is 6.04 Å². The molecule has 1 N–H and O–H groups in total. The Kier molecular flexibility index (Phi) is 7.70. The molecule has 0 aromatic heterocycles. The van der Waals surface area contributed by atoms with Gasteiger partial charge in [0.2, 0.25) is 11.8 Å². The molecule has 26 heavy (non-hydrogen) atoms. The number of rotatable bonds is 4. The molecule has 1 aromatic rings. The maximum absolute atomic E-state index is 13.0.